The lowest BCUT2D eigenvalue weighted by Gasteiger charge is -2.19. The third-order valence-electron chi connectivity index (χ3n) is 6.51. The molecule has 3 aromatic rings. The fourth-order valence-corrected chi connectivity index (χ4v) is 3.73. The molecule has 0 bridgehead atoms. The molecule has 40 heavy (non-hydrogen) atoms. The first kappa shape index (κ1) is 28.5. The summed E-state index contributed by atoms with van der Waals surface area (Å²) in [5.74, 6) is 0.785. The Labute approximate surface area is 234 Å². The first-order valence-corrected chi connectivity index (χ1v) is 13.1. The van der Waals surface area contributed by atoms with E-state index in [-0.39, 0.29) is 23.3 Å². The highest BCUT2D eigenvalue weighted by molar-refractivity contribution is 6.08. The second kappa shape index (κ2) is 12.6. The summed E-state index contributed by atoms with van der Waals surface area (Å²) in [6, 6.07) is 11.0. The molecule has 0 unspecified atom stereocenters. The molecule has 0 spiro atoms. The van der Waals surface area contributed by atoms with Crippen LogP contribution in [0.25, 0.3) is 22.6 Å². The van der Waals surface area contributed by atoms with Crippen molar-refractivity contribution in [1.82, 2.24) is 15.0 Å². The zero-order valence-corrected chi connectivity index (χ0v) is 23.3. The number of ether oxygens (including phenoxy) is 1. The zero-order chi connectivity index (χ0) is 28.7. The Bertz CT molecular complexity index is 1470. The highest BCUT2D eigenvalue weighted by atomic mass is 16.5. The second-order valence-electron chi connectivity index (χ2n) is 10.2. The van der Waals surface area contributed by atoms with Crippen molar-refractivity contribution in [2.45, 2.75) is 39.2 Å². The van der Waals surface area contributed by atoms with E-state index in [0.717, 1.165) is 29.5 Å². The van der Waals surface area contributed by atoms with Gasteiger partial charge < -0.3 is 15.4 Å². The van der Waals surface area contributed by atoms with Crippen LogP contribution in [-0.2, 0) is 14.3 Å². The van der Waals surface area contributed by atoms with E-state index in [1.54, 1.807) is 37.9 Å². The largest absolute Gasteiger partial charge is 0.377 e. The van der Waals surface area contributed by atoms with Gasteiger partial charge in [-0.1, -0.05) is 18.7 Å². The van der Waals surface area contributed by atoms with Gasteiger partial charge >= 0.3 is 0 Å². The molecule has 9 nitrogen and oxygen atoms in total. The number of aromatic nitrogens is 3. The number of hydrogen-bond acceptors (Lipinski definition) is 7. The number of methoxy groups -OCH3 is 1. The lowest BCUT2D eigenvalue weighted by molar-refractivity contribution is -0.117. The SMILES string of the molecule is C=C/C(=C\C=NCC(C)(C)OC)C(=O)Nc1ccc(C)c(-c2nccc(-c3ccnc(NC(=O)C4CC4)c3)n2)c1. The van der Waals surface area contributed by atoms with Gasteiger partial charge in [-0.05, 0) is 75.6 Å². The summed E-state index contributed by atoms with van der Waals surface area (Å²) in [5.41, 5.74) is 3.82. The zero-order valence-electron chi connectivity index (χ0n) is 23.3. The Morgan fingerprint density at radius 3 is 2.62 bits per heavy atom. The van der Waals surface area contributed by atoms with Crippen molar-refractivity contribution in [3.63, 3.8) is 0 Å². The highest BCUT2D eigenvalue weighted by Crippen LogP contribution is 2.31. The van der Waals surface area contributed by atoms with E-state index in [4.69, 9.17) is 9.72 Å². The molecule has 2 amide bonds. The number of pyridine rings is 1. The van der Waals surface area contributed by atoms with Crippen LogP contribution < -0.4 is 10.6 Å². The van der Waals surface area contributed by atoms with Gasteiger partial charge in [-0.2, -0.15) is 0 Å². The first-order chi connectivity index (χ1) is 19.2. The Kier molecular flexibility index (Phi) is 8.96. The third kappa shape index (κ3) is 7.54. The topological polar surface area (TPSA) is 118 Å². The van der Waals surface area contributed by atoms with E-state index in [1.165, 1.54) is 6.08 Å². The number of carbonyl (C=O) groups excluding carboxylic acids is 2. The predicted molar refractivity (Wildman–Crippen MR) is 158 cm³/mol. The number of aliphatic imine (C=N–C) groups is 1. The molecular weight excluding hydrogens is 504 g/mol. The van der Waals surface area contributed by atoms with Crippen LogP contribution in [0.1, 0.15) is 32.3 Å². The van der Waals surface area contributed by atoms with Gasteiger partial charge in [-0.25, -0.2) is 15.0 Å². The number of benzene rings is 1. The maximum Gasteiger partial charge on any atom is 0.255 e. The maximum absolute atomic E-state index is 12.9. The van der Waals surface area contributed by atoms with Crippen molar-refractivity contribution in [3.8, 4) is 22.6 Å². The normalized spacial score (nSPS) is 13.8. The van der Waals surface area contributed by atoms with Crippen molar-refractivity contribution in [2.24, 2.45) is 10.9 Å². The summed E-state index contributed by atoms with van der Waals surface area (Å²) in [4.78, 5) is 42.9. The Morgan fingerprint density at radius 1 is 1.12 bits per heavy atom. The molecule has 1 aliphatic rings. The van der Waals surface area contributed by atoms with Gasteiger partial charge in [0.05, 0.1) is 17.8 Å². The van der Waals surface area contributed by atoms with Crippen LogP contribution >= 0.6 is 0 Å². The molecular formula is C31H34N6O3. The van der Waals surface area contributed by atoms with Crippen LogP contribution in [0.15, 0.2) is 78.1 Å². The first-order valence-electron chi connectivity index (χ1n) is 13.1. The van der Waals surface area contributed by atoms with Gasteiger partial charge in [0.2, 0.25) is 5.91 Å². The third-order valence-corrected chi connectivity index (χ3v) is 6.51. The number of amides is 2. The van der Waals surface area contributed by atoms with E-state index in [2.05, 4.69) is 32.2 Å². The number of nitrogens with one attached hydrogen (secondary N) is 2. The van der Waals surface area contributed by atoms with Crippen LogP contribution in [0.3, 0.4) is 0 Å². The summed E-state index contributed by atoms with van der Waals surface area (Å²) in [5, 5.41) is 5.79. The van der Waals surface area contributed by atoms with E-state index in [1.807, 2.05) is 51.1 Å². The molecule has 2 heterocycles. The molecule has 1 fully saturated rings. The monoisotopic (exact) mass is 538 g/mol. The number of anilines is 2. The highest BCUT2D eigenvalue weighted by Gasteiger charge is 2.29. The average molecular weight is 539 g/mol. The molecule has 206 valence electrons. The minimum absolute atomic E-state index is 0.000652. The van der Waals surface area contributed by atoms with Gasteiger partial charge in [0.15, 0.2) is 5.82 Å². The van der Waals surface area contributed by atoms with Crippen LogP contribution in [0.4, 0.5) is 11.5 Å². The summed E-state index contributed by atoms with van der Waals surface area (Å²) in [6.45, 7) is 10.1. The van der Waals surface area contributed by atoms with E-state index >= 15 is 0 Å². The van der Waals surface area contributed by atoms with Crippen LogP contribution in [-0.4, -0.2) is 52.2 Å². The van der Waals surface area contributed by atoms with Crippen LogP contribution in [0.5, 0.6) is 0 Å². The Morgan fingerprint density at radius 2 is 1.90 bits per heavy atom. The summed E-state index contributed by atoms with van der Waals surface area (Å²) >= 11 is 0. The molecule has 0 radical (unpaired) electrons. The standard InChI is InChI=1S/C31H34N6O3/c1-6-21(11-14-32-19-31(3,4)40-5)29(38)35-24-10-7-20(2)25(18-24)28-34-16-13-26(36-28)23-12-15-33-27(17-23)37-30(39)22-8-9-22/h6-7,10-18,22H,1,8-9,19H2,2-5H3,(H,35,38)(H,33,37,39)/b21-11+,32-14?. The fourth-order valence-electron chi connectivity index (χ4n) is 3.73. The van der Waals surface area contributed by atoms with Crippen molar-refractivity contribution < 1.29 is 14.3 Å². The predicted octanol–water partition coefficient (Wildman–Crippen LogP) is 5.41. The number of carbonyl (C=O) groups is 2. The number of allylic oxidation sites excluding steroid dienone is 1. The summed E-state index contributed by atoms with van der Waals surface area (Å²) in [7, 11) is 1.64. The summed E-state index contributed by atoms with van der Waals surface area (Å²) in [6.07, 6.45) is 9.87. The Balaban J connectivity index is 1.51. The minimum atomic E-state index is -0.385. The van der Waals surface area contributed by atoms with E-state index < -0.39 is 0 Å². The molecule has 4 rings (SSSR count). The van der Waals surface area contributed by atoms with Crippen LogP contribution in [0.2, 0.25) is 0 Å². The van der Waals surface area contributed by atoms with Crippen molar-refractivity contribution in [3.05, 3.63) is 78.7 Å². The molecule has 0 atom stereocenters. The lowest BCUT2D eigenvalue weighted by atomic mass is 10.1. The summed E-state index contributed by atoms with van der Waals surface area (Å²) < 4.78 is 5.35. The van der Waals surface area contributed by atoms with Crippen molar-refractivity contribution in [1.29, 1.82) is 0 Å². The average Bonchev–Trinajstić information content (AvgIpc) is 3.80. The molecule has 2 aromatic heterocycles. The van der Waals surface area contributed by atoms with Gasteiger partial charge in [0, 0.05) is 54.0 Å². The maximum atomic E-state index is 12.9. The minimum Gasteiger partial charge on any atom is -0.377 e. The van der Waals surface area contributed by atoms with Gasteiger partial charge in [0.25, 0.3) is 5.91 Å². The smallest absolute Gasteiger partial charge is 0.255 e. The van der Waals surface area contributed by atoms with Crippen molar-refractivity contribution in [2.75, 3.05) is 24.3 Å². The molecule has 9 heteroatoms. The number of nitrogens with zero attached hydrogens (tertiary/aromatic N) is 4. The number of hydrogen-bond donors (Lipinski definition) is 2. The van der Waals surface area contributed by atoms with E-state index in [0.29, 0.717) is 35.1 Å². The van der Waals surface area contributed by atoms with Gasteiger partial charge in [0.1, 0.15) is 5.82 Å². The molecule has 1 aromatic carbocycles. The Hall–Kier alpha value is -4.50. The molecule has 2 N–H and O–H groups in total. The lowest BCUT2D eigenvalue weighted by Crippen LogP contribution is -2.26. The molecule has 1 saturated carbocycles. The number of aryl methyl sites for hydroxylation is 1. The molecule has 1 aliphatic carbocycles. The molecule has 0 saturated heterocycles. The second-order valence-corrected chi connectivity index (χ2v) is 10.2. The van der Waals surface area contributed by atoms with Crippen molar-refractivity contribution >= 4 is 29.5 Å². The molecule has 0 aliphatic heterocycles. The quantitative estimate of drug-likeness (QED) is 0.191. The van der Waals surface area contributed by atoms with E-state index in [9.17, 15) is 9.59 Å². The number of rotatable bonds is 11. The fraction of sp³-hybridized carbons (Fsp3) is 0.290. The van der Waals surface area contributed by atoms with Gasteiger partial charge in [-0.15, -0.1) is 0 Å². The van der Waals surface area contributed by atoms with Crippen LogP contribution in [0, 0.1) is 12.8 Å². The van der Waals surface area contributed by atoms with Gasteiger partial charge in [-0.3, -0.25) is 14.6 Å².